The summed E-state index contributed by atoms with van der Waals surface area (Å²) >= 11 is 0. The molecule has 0 radical (unpaired) electrons. The third-order valence-corrected chi connectivity index (χ3v) is 4.20. The van der Waals surface area contributed by atoms with Gasteiger partial charge in [0.15, 0.2) is 0 Å². The minimum absolute atomic E-state index is 0.161. The minimum Gasteiger partial charge on any atom is -0.493 e. The third-order valence-electron chi connectivity index (χ3n) is 4.20. The van der Waals surface area contributed by atoms with E-state index in [1.807, 2.05) is 6.92 Å². The van der Waals surface area contributed by atoms with E-state index in [2.05, 4.69) is 5.32 Å². The second-order valence-electron chi connectivity index (χ2n) is 7.98. The zero-order valence-corrected chi connectivity index (χ0v) is 18.0. The summed E-state index contributed by atoms with van der Waals surface area (Å²) in [6, 6.07) is 7.88. The first-order valence-corrected chi connectivity index (χ1v) is 9.78. The molecule has 0 aliphatic heterocycles. The van der Waals surface area contributed by atoms with Crippen LogP contribution in [0.4, 0.5) is 9.18 Å². The second kappa shape index (κ2) is 9.61. The number of benzene rings is 2. The number of carbonyl (C=O) groups excluding carboxylic acids is 1. The molecule has 0 atom stereocenters. The van der Waals surface area contributed by atoms with Crippen LogP contribution in [0, 0.1) is 12.7 Å². The van der Waals surface area contributed by atoms with Gasteiger partial charge in [-0.1, -0.05) is 13.0 Å². The average Bonchev–Trinajstić information content (AvgIpc) is 2.63. The molecule has 0 aliphatic carbocycles. The number of aromatic carboxylic acids is 1. The molecule has 0 bridgehead atoms. The van der Waals surface area contributed by atoms with Crippen LogP contribution in [0.5, 0.6) is 5.75 Å². The molecule has 0 aliphatic rings. The van der Waals surface area contributed by atoms with Crippen molar-refractivity contribution >= 4 is 12.1 Å². The Morgan fingerprint density at radius 3 is 2.47 bits per heavy atom. The highest BCUT2D eigenvalue weighted by molar-refractivity contribution is 5.90. The molecular formula is C23H28FNO5. The van der Waals surface area contributed by atoms with E-state index in [4.69, 9.17) is 9.47 Å². The van der Waals surface area contributed by atoms with Gasteiger partial charge >= 0.3 is 12.1 Å². The van der Waals surface area contributed by atoms with Gasteiger partial charge in [-0.3, -0.25) is 0 Å². The van der Waals surface area contributed by atoms with Gasteiger partial charge in [0.2, 0.25) is 0 Å². The van der Waals surface area contributed by atoms with Crippen molar-refractivity contribution in [2.75, 3.05) is 6.61 Å². The van der Waals surface area contributed by atoms with Crippen molar-refractivity contribution in [3.63, 3.8) is 0 Å². The fourth-order valence-corrected chi connectivity index (χ4v) is 2.87. The summed E-state index contributed by atoms with van der Waals surface area (Å²) in [6.07, 6.45) is 0.264. The number of amides is 1. The number of carbonyl (C=O) groups is 2. The number of carboxylic acid groups (broad SMARTS) is 1. The Kier molecular flexibility index (Phi) is 7.43. The van der Waals surface area contributed by atoms with Crippen LogP contribution in [0.3, 0.4) is 0 Å². The van der Waals surface area contributed by atoms with Crippen molar-refractivity contribution in [2.24, 2.45) is 0 Å². The van der Waals surface area contributed by atoms with E-state index in [0.717, 1.165) is 6.42 Å². The van der Waals surface area contributed by atoms with Crippen molar-refractivity contribution < 1.29 is 28.6 Å². The number of hydrogen-bond donors (Lipinski definition) is 2. The monoisotopic (exact) mass is 417 g/mol. The number of alkyl carbamates (subject to hydrolysis) is 1. The van der Waals surface area contributed by atoms with Crippen molar-refractivity contribution in [2.45, 2.75) is 53.2 Å². The van der Waals surface area contributed by atoms with Crippen LogP contribution >= 0.6 is 0 Å². The normalized spacial score (nSPS) is 11.1. The SMILES string of the molecule is CCCOc1ccc(-c2cc(C(=O)O)c(F)cc2C)cc1CNC(=O)OC(C)(C)C. The number of aryl methyl sites for hydroxylation is 1. The third kappa shape index (κ3) is 6.20. The van der Waals surface area contributed by atoms with Crippen LogP contribution in [0.15, 0.2) is 30.3 Å². The van der Waals surface area contributed by atoms with E-state index in [0.29, 0.717) is 34.6 Å². The van der Waals surface area contributed by atoms with Crippen molar-refractivity contribution in [3.05, 3.63) is 52.8 Å². The topological polar surface area (TPSA) is 84.9 Å². The van der Waals surface area contributed by atoms with Crippen molar-refractivity contribution in [1.29, 1.82) is 0 Å². The number of ether oxygens (including phenoxy) is 2. The van der Waals surface area contributed by atoms with Crippen LogP contribution in [0.25, 0.3) is 11.1 Å². The maximum absolute atomic E-state index is 14.0. The predicted molar refractivity (Wildman–Crippen MR) is 112 cm³/mol. The van der Waals surface area contributed by atoms with Gasteiger partial charge in [0.1, 0.15) is 17.2 Å². The molecule has 0 fully saturated rings. The molecule has 0 aromatic heterocycles. The molecular weight excluding hydrogens is 389 g/mol. The van der Waals surface area contributed by atoms with Crippen LogP contribution in [0.2, 0.25) is 0 Å². The van der Waals surface area contributed by atoms with Gasteiger partial charge in [0.25, 0.3) is 0 Å². The average molecular weight is 417 g/mol. The molecule has 0 unspecified atom stereocenters. The summed E-state index contributed by atoms with van der Waals surface area (Å²) in [5, 5.41) is 11.9. The lowest BCUT2D eigenvalue weighted by atomic mass is 9.96. The van der Waals surface area contributed by atoms with E-state index < -0.39 is 29.0 Å². The van der Waals surface area contributed by atoms with E-state index in [1.165, 1.54) is 12.1 Å². The zero-order chi connectivity index (χ0) is 22.5. The summed E-state index contributed by atoms with van der Waals surface area (Å²) in [6.45, 7) is 9.71. The molecule has 0 saturated carbocycles. The van der Waals surface area contributed by atoms with E-state index >= 15 is 0 Å². The molecule has 2 rings (SSSR count). The van der Waals surface area contributed by atoms with E-state index in [9.17, 15) is 19.1 Å². The quantitative estimate of drug-likeness (QED) is 0.637. The first-order chi connectivity index (χ1) is 14.0. The summed E-state index contributed by atoms with van der Waals surface area (Å²) in [5.74, 6) is -1.50. The number of nitrogens with one attached hydrogen (secondary N) is 1. The smallest absolute Gasteiger partial charge is 0.407 e. The fraction of sp³-hybridized carbons (Fsp3) is 0.391. The largest absolute Gasteiger partial charge is 0.493 e. The summed E-state index contributed by atoms with van der Waals surface area (Å²) < 4.78 is 25.0. The van der Waals surface area contributed by atoms with Crippen LogP contribution in [-0.2, 0) is 11.3 Å². The summed E-state index contributed by atoms with van der Waals surface area (Å²) in [4.78, 5) is 23.4. The Labute approximate surface area is 176 Å². The van der Waals surface area contributed by atoms with Crippen molar-refractivity contribution in [3.8, 4) is 16.9 Å². The lowest BCUT2D eigenvalue weighted by Gasteiger charge is -2.20. The Morgan fingerprint density at radius 1 is 1.17 bits per heavy atom. The number of halogens is 1. The van der Waals surface area contributed by atoms with E-state index in [-0.39, 0.29) is 6.54 Å². The maximum atomic E-state index is 14.0. The first kappa shape index (κ1) is 23.2. The predicted octanol–water partition coefficient (Wildman–Crippen LogP) is 5.31. The van der Waals surface area contributed by atoms with Gasteiger partial charge in [-0.2, -0.15) is 0 Å². The Hall–Kier alpha value is -3.09. The highest BCUT2D eigenvalue weighted by Gasteiger charge is 2.18. The van der Waals surface area contributed by atoms with Crippen LogP contribution in [-0.4, -0.2) is 29.4 Å². The van der Waals surface area contributed by atoms with Crippen LogP contribution in [0.1, 0.15) is 55.6 Å². The minimum atomic E-state index is -1.33. The Balaban J connectivity index is 2.39. The highest BCUT2D eigenvalue weighted by atomic mass is 19.1. The molecule has 0 saturated heterocycles. The molecule has 6 nitrogen and oxygen atoms in total. The first-order valence-electron chi connectivity index (χ1n) is 9.78. The molecule has 2 aromatic carbocycles. The van der Waals surface area contributed by atoms with E-state index in [1.54, 1.807) is 45.9 Å². The second-order valence-corrected chi connectivity index (χ2v) is 7.98. The standard InChI is InChI=1S/C23H28FNO5/c1-6-9-29-20-8-7-15(11-16(20)13-25-22(28)30-23(3,4)5)17-12-18(21(26)27)19(24)10-14(17)2/h7-8,10-12H,6,9,13H2,1-5H3,(H,25,28)(H,26,27). The molecule has 2 N–H and O–H groups in total. The molecule has 0 spiro atoms. The molecule has 30 heavy (non-hydrogen) atoms. The molecule has 1 amide bonds. The molecule has 2 aromatic rings. The lowest BCUT2D eigenvalue weighted by molar-refractivity contribution is 0.0522. The molecule has 0 heterocycles. The van der Waals surface area contributed by atoms with Gasteiger partial charge in [-0.05, 0) is 75.1 Å². The van der Waals surface area contributed by atoms with Gasteiger partial charge in [-0.15, -0.1) is 0 Å². The van der Waals surface area contributed by atoms with Gasteiger partial charge in [0.05, 0.1) is 12.2 Å². The summed E-state index contributed by atoms with van der Waals surface area (Å²) in [5.41, 5.74) is 1.58. The number of rotatable bonds is 7. The highest BCUT2D eigenvalue weighted by Crippen LogP contribution is 2.31. The van der Waals surface area contributed by atoms with Crippen LogP contribution < -0.4 is 10.1 Å². The maximum Gasteiger partial charge on any atom is 0.407 e. The fourth-order valence-electron chi connectivity index (χ4n) is 2.87. The zero-order valence-electron chi connectivity index (χ0n) is 18.0. The Bertz CT molecular complexity index is 934. The summed E-state index contributed by atoms with van der Waals surface area (Å²) in [7, 11) is 0. The number of hydrogen-bond acceptors (Lipinski definition) is 4. The molecule has 7 heteroatoms. The van der Waals surface area contributed by atoms with Gasteiger partial charge in [-0.25, -0.2) is 14.0 Å². The lowest BCUT2D eigenvalue weighted by Crippen LogP contribution is -2.32. The van der Waals surface area contributed by atoms with Gasteiger partial charge < -0.3 is 19.9 Å². The van der Waals surface area contributed by atoms with Gasteiger partial charge in [0, 0.05) is 12.1 Å². The number of carboxylic acids is 1. The van der Waals surface area contributed by atoms with Crippen molar-refractivity contribution in [1.82, 2.24) is 5.32 Å². The Morgan fingerprint density at radius 2 is 1.87 bits per heavy atom. The molecule has 162 valence electrons.